The standard InChI is InChI=1S/C12H21N3O4S/c1-9(2)12-13-11(19-14-12)8-18-10-5-4-6-15(7-10)20(3,16)17/h9-10H,4-8H2,1-3H3/t10-/m1/s1. The van der Waals surface area contributed by atoms with Crippen LogP contribution in [0.25, 0.3) is 0 Å². The maximum absolute atomic E-state index is 11.5. The van der Waals surface area contributed by atoms with Crippen LogP contribution >= 0.6 is 0 Å². The Kier molecular flexibility index (Phi) is 4.77. The van der Waals surface area contributed by atoms with E-state index in [1.54, 1.807) is 0 Å². The molecule has 0 aliphatic carbocycles. The highest BCUT2D eigenvalue weighted by Crippen LogP contribution is 2.17. The molecular weight excluding hydrogens is 282 g/mol. The number of hydrogen-bond acceptors (Lipinski definition) is 6. The van der Waals surface area contributed by atoms with Crippen molar-refractivity contribution in [3.05, 3.63) is 11.7 Å². The fraction of sp³-hybridized carbons (Fsp3) is 0.833. The van der Waals surface area contributed by atoms with E-state index < -0.39 is 10.0 Å². The monoisotopic (exact) mass is 303 g/mol. The van der Waals surface area contributed by atoms with Gasteiger partial charge in [0.05, 0.1) is 12.4 Å². The first-order valence-corrected chi connectivity index (χ1v) is 8.60. The molecule has 0 N–H and O–H groups in total. The summed E-state index contributed by atoms with van der Waals surface area (Å²) in [5, 5.41) is 3.86. The van der Waals surface area contributed by atoms with Gasteiger partial charge in [-0.2, -0.15) is 9.29 Å². The van der Waals surface area contributed by atoms with Gasteiger partial charge in [-0.05, 0) is 12.8 Å². The van der Waals surface area contributed by atoms with E-state index in [0.29, 0.717) is 24.8 Å². The van der Waals surface area contributed by atoms with Gasteiger partial charge in [-0.1, -0.05) is 19.0 Å². The Morgan fingerprint density at radius 3 is 2.85 bits per heavy atom. The van der Waals surface area contributed by atoms with Crippen molar-refractivity contribution in [2.75, 3.05) is 19.3 Å². The van der Waals surface area contributed by atoms with E-state index in [4.69, 9.17) is 9.26 Å². The molecule has 1 atom stereocenters. The Labute approximate surface area is 119 Å². The third-order valence-corrected chi connectivity index (χ3v) is 4.52. The molecule has 0 unspecified atom stereocenters. The minimum atomic E-state index is -3.15. The maximum Gasteiger partial charge on any atom is 0.252 e. The van der Waals surface area contributed by atoms with Crippen LogP contribution in [0.15, 0.2) is 4.52 Å². The normalized spacial score (nSPS) is 21.5. The number of sulfonamides is 1. The molecule has 2 rings (SSSR count). The van der Waals surface area contributed by atoms with Crippen molar-refractivity contribution in [1.82, 2.24) is 14.4 Å². The summed E-state index contributed by atoms with van der Waals surface area (Å²) in [4.78, 5) is 4.23. The van der Waals surface area contributed by atoms with Crippen LogP contribution in [0.3, 0.4) is 0 Å². The van der Waals surface area contributed by atoms with Crippen molar-refractivity contribution in [2.45, 2.75) is 45.3 Å². The first-order chi connectivity index (χ1) is 9.36. The molecule has 1 fully saturated rings. The van der Waals surface area contributed by atoms with Crippen LogP contribution < -0.4 is 0 Å². The molecule has 2 heterocycles. The van der Waals surface area contributed by atoms with Crippen molar-refractivity contribution in [3.8, 4) is 0 Å². The van der Waals surface area contributed by atoms with Crippen LogP contribution in [-0.4, -0.2) is 48.3 Å². The topological polar surface area (TPSA) is 85.5 Å². The molecule has 8 heteroatoms. The van der Waals surface area contributed by atoms with Crippen LogP contribution in [0.1, 0.15) is 44.3 Å². The summed E-state index contributed by atoms with van der Waals surface area (Å²) >= 11 is 0. The zero-order valence-corrected chi connectivity index (χ0v) is 12.9. The quantitative estimate of drug-likeness (QED) is 0.810. The maximum atomic E-state index is 11.5. The predicted molar refractivity (Wildman–Crippen MR) is 72.6 cm³/mol. The second kappa shape index (κ2) is 6.19. The largest absolute Gasteiger partial charge is 0.367 e. The molecule has 1 aromatic heterocycles. The summed E-state index contributed by atoms with van der Waals surface area (Å²) in [5.74, 6) is 1.30. The summed E-state index contributed by atoms with van der Waals surface area (Å²) in [6.07, 6.45) is 2.76. The van der Waals surface area contributed by atoms with Gasteiger partial charge in [0, 0.05) is 19.0 Å². The van der Waals surface area contributed by atoms with Crippen LogP contribution in [0.2, 0.25) is 0 Å². The summed E-state index contributed by atoms with van der Waals surface area (Å²) in [6, 6.07) is 0. The first kappa shape index (κ1) is 15.4. The van der Waals surface area contributed by atoms with E-state index in [2.05, 4.69) is 10.1 Å². The third-order valence-electron chi connectivity index (χ3n) is 3.25. The van der Waals surface area contributed by atoms with Crippen molar-refractivity contribution in [1.29, 1.82) is 0 Å². The second-order valence-corrected chi connectivity index (χ2v) is 7.38. The van der Waals surface area contributed by atoms with E-state index in [1.807, 2.05) is 13.8 Å². The number of rotatable bonds is 5. The number of aromatic nitrogens is 2. The number of hydrogen-bond donors (Lipinski definition) is 0. The lowest BCUT2D eigenvalue weighted by Gasteiger charge is -2.30. The minimum absolute atomic E-state index is 0.118. The van der Waals surface area contributed by atoms with Gasteiger partial charge in [0.1, 0.15) is 6.61 Å². The fourth-order valence-corrected chi connectivity index (χ4v) is 2.99. The van der Waals surface area contributed by atoms with Crippen molar-refractivity contribution in [2.24, 2.45) is 0 Å². The highest BCUT2D eigenvalue weighted by Gasteiger charge is 2.26. The Hall–Kier alpha value is -0.990. The second-order valence-electron chi connectivity index (χ2n) is 5.40. The SMILES string of the molecule is CC(C)c1noc(CO[C@@H]2CCCN(S(C)(=O)=O)C2)n1. The van der Waals surface area contributed by atoms with Gasteiger partial charge in [-0.3, -0.25) is 0 Å². The van der Waals surface area contributed by atoms with Crippen LogP contribution in [0, 0.1) is 0 Å². The van der Waals surface area contributed by atoms with Gasteiger partial charge >= 0.3 is 0 Å². The number of piperidine rings is 1. The van der Waals surface area contributed by atoms with Crippen molar-refractivity contribution >= 4 is 10.0 Å². The molecule has 0 spiro atoms. The molecule has 0 amide bonds. The highest BCUT2D eigenvalue weighted by atomic mass is 32.2. The number of ether oxygens (including phenoxy) is 1. The van der Waals surface area contributed by atoms with Gasteiger partial charge in [0.15, 0.2) is 5.82 Å². The molecule has 114 valence electrons. The minimum Gasteiger partial charge on any atom is -0.367 e. The molecule has 0 radical (unpaired) electrons. The molecule has 20 heavy (non-hydrogen) atoms. The molecule has 0 aromatic carbocycles. The summed E-state index contributed by atoms with van der Waals surface area (Å²) < 4.78 is 35.3. The van der Waals surface area contributed by atoms with Gasteiger partial charge in [0.25, 0.3) is 5.89 Å². The van der Waals surface area contributed by atoms with E-state index in [1.165, 1.54) is 10.6 Å². The van der Waals surface area contributed by atoms with E-state index >= 15 is 0 Å². The Bertz CT molecular complexity index is 541. The van der Waals surface area contributed by atoms with Gasteiger partial charge in [-0.15, -0.1) is 0 Å². The van der Waals surface area contributed by atoms with Gasteiger partial charge in [0.2, 0.25) is 10.0 Å². The Morgan fingerprint density at radius 2 is 2.25 bits per heavy atom. The molecular formula is C12H21N3O4S. The fourth-order valence-electron chi connectivity index (χ4n) is 2.09. The average molecular weight is 303 g/mol. The van der Waals surface area contributed by atoms with E-state index in [9.17, 15) is 8.42 Å². The van der Waals surface area contributed by atoms with Crippen LogP contribution in [0.4, 0.5) is 0 Å². The molecule has 0 bridgehead atoms. The lowest BCUT2D eigenvalue weighted by Crippen LogP contribution is -2.42. The summed E-state index contributed by atoms with van der Waals surface area (Å²) in [6.45, 7) is 5.16. The molecule has 1 aliphatic heterocycles. The molecule has 0 saturated carbocycles. The Morgan fingerprint density at radius 1 is 1.50 bits per heavy atom. The van der Waals surface area contributed by atoms with Gasteiger partial charge in [-0.25, -0.2) is 8.42 Å². The van der Waals surface area contributed by atoms with E-state index in [0.717, 1.165) is 12.8 Å². The van der Waals surface area contributed by atoms with E-state index in [-0.39, 0.29) is 18.6 Å². The zero-order valence-electron chi connectivity index (χ0n) is 12.1. The van der Waals surface area contributed by atoms with Gasteiger partial charge < -0.3 is 9.26 Å². The molecule has 1 saturated heterocycles. The highest BCUT2D eigenvalue weighted by molar-refractivity contribution is 7.88. The molecule has 1 aliphatic rings. The van der Waals surface area contributed by atoms with Crippen LogP contribution in [0.5, 0.6) is 0 Å². The predicted octanol–water partition coefficient (Wildman–Crippen LogP) is 1.13. The smallest absolute Gasteiger partial charge is 0.252 e. The summed E-state index contributed by atoms with van der Waals surface area (Å²) in [5.41, 5.74) is 0. The lowest BCUT2D eigenvalue weighted by molar-refractivity contribution is -0.00284. The third kappa shape index (κ3) is 4.00. The number of nitrogens with zero attached hydrogens (tertiary/aromatic N) is 3. The van der Waals surface area contributed by atoms with Crippen molar-refractivity contribution in [3.63, 3.8) is 0 Å². The summed E-state index contributed by atoms with van der Waals surface area (Å²) in [7, 11) is -3.15. The first-order valence-electron chi connectivity index (χ1n) is 6.75. The lowest BCUT2D eigenvalue weighted by atomic mass is 10.1. The average Bonchev–Trinajstić information content (AvgIpc) is 2.85. The Balaban J connectivity index is 1.87. The molecule has 7 nitrogen and oxygen atoms in total. The molecule has 1 aromatic rings. The van der Waals surface area contributed by atoms with Crippen LogP contribution in [-0.2, 0) is 21.4 Å². The van der Waals surface area contributed by atoms with Crippen molar-refractivity contribution < 1.29 is 17.7 Å². The zero-order chi connectivity index (χ0) is 14.8.